The van der Waals surface area contributed by atoms with Crippen LogP contribution in [0.2, 0.25) is 0 Å². The van der Waals surface area contributed by atoms with Crippen LogP contribution < -0.4 is 4.74 Å². The van der Waals surface area contributed by atoms with Gasteiger partial charge in [-0.2, -0.15) is 5.26 Å². The first kappa shape index (κ1) is 18.2. The smallest absolute Gasteiger partial charge is 0.343 e. The third-order valence-electron chi connectivity index (χ3n) is 5.41. The molecule has 0 aliphatic heterocycles. The van der Waals surface area contributed by atoms with Crippen molar-refractivity contribution in [3.8, 4) is 11.8 Å². The van der Waals surface area contributed by atoms with Crippen LogP contribution in [0.15, 0.2) is 42.5 Å². The fourth-order valence-corrected chi connectivity index (χ4v) is 3.62. The maximum Gasteiger partial charge on any atom is 0.343 e. The Morgan fingerprint density at radius 3 is 2.42 bits per heavy atom. The quantitative estimate of drug-likeness (QED) is 0.532. The molecule has 0 aromatic heterocycles. The zero-order valence-corrected chi connectivity index (χ0v) is 15.5. The van der Waals surface area contributed by atoms with Crippen LogP contribution in [0, 0.1) is 17.2 Å². The van der Waals surface area contributed by atoms with Gasteiger partial charge in [-0.25, -0.2) is 4.79 Å². The molecule has 0 atom stereocenters. The second-order valence-corrected chi connectivity index (χ2v) is 7.26. The number of carbonyl (C=O) groups excluding carboxylic acids is 1. The van der Waals surface area contributed by atoms with E-state index >= 15 is 0 Å². The summed E-state index contributed by atoms with van der Waals surface area (Å²) < 4.78 is 5.46. The summed E-state index contributed by atoms with van der Waals surface area (Å²) in [5.74, 6) is 1.33. The largest absolute Gasteiger partial charge is 0.422 e. The van der Waals surface area contributed by atoms with E-state index in [2.05, 4.69) is 13.0 Å². The van der Waals surface area contributed by atoms with Crippen molar-refractivity contribution in [3.63, 3.8) is 0 Å². The van der Waals surface area contributed by atoms with E-state index in [1.54, 1.807) is 12.1 Å². The molecule has 1 aliphatic carbocycles. The molecule has 1 saturated carbocycles. The summed E-state index contributed by atoms with van der Waals surface area (Å²) >= 11 is 0. The lowest BCUT2D eigenvalue weighted by Gasteiger charge is -2.26. The molecule has 134 valence electrons. The number of benzene rings is 2. The van der Waals surface area contributed by atoms with Crippen molar-refractivity contribution >= 4 is 5.97 Å². The maximum atomic E-state index is 12.4. The monoisotopic (exact) mass is 347 g/mol. The third-order valence-corrected chi connectivity index (χ3v) is 5.41. The standard InChI is InChI=1S/C23H25NO2/c1-3-17-6-13-22(21(14-17)15-24)26-23(25)20-11-9-19(10-12-20)18-7-4-16(2)5-8-18/h6,9-14,16,18H,3-5,7-8H2,1-2H3. The van der Waals surface area contributed by atoms with Crippen molar-refractivity contribution in [2.75, 3.05) is 0 Å². The molecule has 3 rings (SSSR count). The Hall–Kier alpha value is -2.60. The molecular formula is C23H25NO2. The minimum Gasteiger partial charge on any atom is -0.422 e. The van der Waals surface area contributed by atoms with Crippen molar-refractivity contribution in [3.05, 3.63) is 64.7 Å². The summed E-state index contributed by atoms with van der Waals surface area (Å²) in [5.41, 5.74) is 3.26. The van der Waals surface area contributed by atoms with Gasteiger partial charge >= 0.3 is 5.97 Å². The molecular weight excluding hydrogens is 322 g/mol. The Balaban J connectivity index is 1.70. The van der Waals surface area contributed by atoms with Gasteiger partial charge in [-0.1, -0.05) is 44.9 Å². The molecule has 2 aromatic carbocycles. The number of carbonyl (C=O) groups is 1. The summed E-state index contributed by atoms with van der Waals surface area (Å²) in [5, 5.41) is 9.28. The number of esters is 1. The molecule has 0 spiro atoms. The van der Waals surface area contributed by atoms with E-state index in [9.17, 15) is 10.1 Å². The molecule has 3 heteroatoms. The highest BCUT2D eigenvalue weighted by Gasteiger charge is 2.20. The molecule has 0 unspecified atom stereocenters. The van der Waals surface area contributed by atoms with E-state index in [0.717, 1.165) is 17.9 Å². The van der Waals surface area contributed by atoms with Crippen LogP contribution in [0.25, 0.3) is 0 Å². The number of nitriles is 1. The molecule has 0 amide bonds. The number of nitrogens with zero attached hydrogens (tertiary/aromatic N) is 1. The molecule has 1 fully saturated rings. The van der Waals surface area contributed by atoms with Gasteiger partial charge in [0.25, 0.3) is 0 Å². The Kier molecular flexibility index (Phi) is 5.73. The lowest BCUT2D eigenvalue weighted by Crippen LogP contribution is -2.12. The topological polar surface area (TPSA) is 50.1 Å². The van der Waals surface area contributed by atoms with E-state index < -0.39 is 5.97 Å². The summed E-state index contributed by atoms with van der Waals surface area (Å²) in [6, 6.07) is 15.2. The predicted octanol–water partition coefficient (Wildman–Crippen LogP) is 5.63. The van der Waals surface area contributed by atoms with Gasteiger partial charge in [0, 0.05) is 0 Å². The lowest BCUT2D eigenvalue weighted by atomic mass is 9.79. The number of aryl methyl sites for hydroxylation is 1. The first-order valence-corrected chi connectivity index (χ1v) is 9.46. The number of rotatable bonds is 4. The fourth-order valence-electron chi connectivity index (χ4n) is 3.62. The minimum atomic E-state index is -0.422. The van der Waals surface area contributed by atoms with Crippen molar-refractivity contribution in [1.29, 1.82) is 5.26 Å². The van der Waals surface area contributed by atoms with Gasteiger partial charge in [0.2, 0.25) is 0 Å². The van der Waals surface area contributed by atoms with E-state index in [0.29, 0.717) is 22.8 Å². The van der Waals surface area contributed by atoms with Crippen molar-refractivity contribution in [2.45, 2.75) is 51.9 Å². The summed E-state index contributed by atoms with van der Waals surface area (Å²) in [6.45, 7) is 4.34. The third kappa shape index (κ3) is 4.14. The zero-order chi connectivity index (χ0) is 18.5. The van der Waals surface area contributed by atoms with Gasteiger partial charge in [-0.05, 0) is 66.5 Å². The molecule has 0 heterocycles. The van der Waals surface area contributed by atoms with Crippen LogP contribution >= 0.6 is 0 Å². The number of hydrogen-bond donors (Lipinski definition) is 0. The van der Waals surface area contributed by atoms with Crippen LogP contribution in [-0.4, -0.2) is 5.97 Å². The molecule has 0 N–H and O–H groups in total. The lowest BCUT2D eigenvalue weighted by molar-refractivity contribution is 0.0734. The molecule has 2 aromatic rings. The predicted molar refractivity (Wildman–Crippen MR) is 102 cm³/mol. The first-order valence-electron chi connectivity index (χ1n) is 9.46. The van der Waals surface area contributed by atoms with Gasteiger partial charge in [0.15, 0.2) is 0 Å². The van der Waals surface area contributed by atoms with E-state index in [-0.39, 0.29) is 0 Å². The van der Waals surface area contributed by atoms with Crippen LogP contribution in [0.5, 0.6) is 5.75 Å². The second-order valence-electron chi connectivity index (χ2n) is 7.26. The average molecular weight is 347 g/mol. The fraction of sp³-hybridized carbons (Fsp3) is 0.391. The van der Waals surface area contributed by atoms with Crippen LogP contribution in [0.3, 0.4) is 0 Å². The Morgan fingerprint density at radius 1 is 1.12 bits per heavy atom. The molecule has 1 aliphatic rings. The van der Waals surface area contributed by atoms with Crippen molar-refractivity contribution < 1.29 is 9.53 Å². The van der Waals surface area contributed by atoms with E-state index in [4.69, 9.17) is 4.74 Å². The minimum absolute atomic E-state index is 0.319. The molecule has 26 heavy (non-hydrogen) atoms. The van der Waals surface area contributed by atoms with E-state index in [1.165, 1.54) is 31.2 Å². The van der Waals surface area contributed by atoms with Gasteiger partial charge in [0.1, 0.15) is 11.8 Å². The maximum absolute atomic E-state index is 12.4. The number of ether oxygens (including phenoxy) is 1. The molecule has 0 bridgehead atoms. The van der Waals surface area contributed by atoms with Crippen molar-refractivity contribution in [2.24, 2.45) is 5.92 Å². The Bertz CT molecular complexity index is 809. The normalized spacial score (nSPS) is 19.6. The molecule has 3 nitrogen and oxygen atoms in total. The highest BCUT2D eigenvalue weighted by atomic mass is 16.5. The van der Waals surface area contributed by atoms with Crippen molar-refractivity contribution in [1.82, 2.24) is 0 Å². The summed E-state index contributed by atoms with van der Waals surface area (Å²) in [6.07, 6.45) is 5.84. The van der Waals surface area contributed by atoms with Gasteiger partial charge < -0.3 is 4.74 Å². The van der Waals surface area contributed by atoms with Gasteiger partial charge in [0.05, 0.1) is 11.1 Å². The summed E-state index contributed by atoms with van der Waals surface area (Å²) in [7, 11) is 0. The van der Waals surface area contributed by atoms with E-state index in [1.807, 2.05) is 37.3 Å². The number of hydrogen-bond acceptors (Lipinski definition) is 3. The highest BCUT2D eigenvalue weighted by molar-refractivity contribution is 5.91. The van der Waals surface area contributed by atoms with Crippen LogP contribution in [0.1, 0.15) is 72.5 Å². The molecule has 0 saturated heterocycles. The Morgan fingerprint density at radius 2 is 1.81 bits per heavy atom. The second kappa shape index (κ2) is 8.19. The van der Waals surface area contributed by atoms with Gasteiger partial charge in [-0.15, -0.1) is 0 Å². The van der Waals surface area contributed by atoms with Crippen LogP contribution in [-0.2, 0) is 6.42 Å². The Labute approximate surface area is 155 Å². The average Bonchev–Trinajstić information content (AvgIpc) is 2.69. The first-order chi connectivity index (χ1) is 12.6. The summed E-state index contributed by atoms with van der Waals surface area (Å²) in [4.78, 5) is 12.4. The van der Waals surface area contributed by atoms with Gasteiger partial charge in [-0.3, -0.25) is 0 Å². The highest BCUT2D eigenvalue weighted by Crippen LogP contribution is 2.35. The zero-order valence-electron chi connectivity index (χ0n) is 15.5. The van der Waals surface area contributed by atoms with Crippen LogP contribution in [0.4, 0.5) is 0 Å². The molecule has 0 radical (unpaired) electrons. The SMILES string of the molecule is CCc1ccc(OC(=O)c2ccc(C3CCC(C)CC3)cc2)c(C#N)c1.